The summed E-state index contributed by atoms with van der Waals surface area (Å²) in [5.74, 6) is 3.31. The Kier molecular flexibility index (Phi) is 10.6. The molecule has 4 aromatic rings. The van der Waals surface area contributed by atoms with Crippen LogP contribution in [0, 0.1) is 0 Å². The van der Waals surface area contributed by atoms with E-state index >= 15 is 0 Å². The van der Waals surface area contributed by atoms with Gasteiger partial charge in [0.25, 0.3) is 5.91 Å². The van der Waals surface area contributed by atoms with Gasteiger partial charge in [-0.15, -0.1) is 5.10 Å². The van der Waals surface area contributed by atoms with Crippen molar-refractivity contribution in [1.29, 1.82) is 0 Å². The Hall–Kier alpha value is -5.59. The van der Waals surface area contributed by atoms with Crippen molar-refractivity contribution in [2.24, 2.45) is 0 Å². The molecular weight excluding hydrogens is 584 g/mol. The molecule has 238 valence electrons. The van der Waals surface area contributed by atoms with Gasteiger partial charge < -0.3 is 43.2 Å². The summed E-state index contributed by atoms with van der Waals surface area (Å²) in [6.07, 6.45) is 5.26. The second kappa shape index (κ2) is 14.7. The predicted octanol–water partition coefficient (Wildman–Crippen LogP) is 4.82. The molecule has 0 atom stereocenters. The van der Waals surface area contributed by atoms with Gasteiger partial charge in [-0.2, -0.15) is 0 Å². The summed E-state index contributed by atoms with van der Waals surface area (Å²) in [5.41, 5.74) is 2.81. The molecule has 0 aliphatic carbocycles. The fourth-order valence-corrected chi connectivity index (χ4v) is 4.64. The molecule has 0 unspecified atom stereocenters. The minimum atomic E-state index is -0.489. The molecule has 0 aliphatic rings. The Bertz CT molecular complexity index is 1630. The highest BCUT2D eigenvalue weighted by Crippen LogP contribution is 2.40. The minimum Gasteiger partial charge on any atom is -0.493 e. The maximum absolute atomic E-state index is 13.3. The molecule has 13 heteroatoms. The van der Waals surface area contributed by atoms with Crippen molar-refractivity contribution in [2.75, 3.05) is 62.2 Å². The second-order valence-electron chi connectivity index (χ2n) is 9.39. The van der Waals surface area contributed by atoms with E-state index in [1.807, 2.05) is 24.3 Å². The van der Waals surface area contributed by atoms with Crippen LogP contribution in [-0.2, 0) is 6.54 Å². The number of carbonyl (C=O) groups excluding carboxylic acids is 1. The van der Waals surface area contributed by atoms with Crippen LogP contribution in [0.2, 0.25) is 0 Å². The zero-order chi connectivity index (χ0) is 32.5. The van der Waals surface area contributed by atoms with E-state index < -0.39 is 5.91 Å². The molecule has 3 aromatic carbocycles. The monoisotopic (exact) mass is 620 g/mol. The van der Waals surface area contributed by atoms with Crippen molar-refractivity contribution in [3.63, 3.8) is 0 Å². The van der Waals surface area contributed by atoms with E-state index in [1.54, 1.807) is 59.8 Å². The van der Waals surface area contributed by atoms with Gasteiger partial charge in [0.2, 0.25) is 11.5 Å². The summed E-state index contributed by atoms with van der Waals surface area (Å²) >= 11 is 0. The van der Waals surface area contributed by atoms with Gasteiger partial charge in [-0.1, -0.05) is 17.4 Å². The third-order valence-corrected chi connectivity index (χ3v) is 6.75. The number of rotatable bonds is 14. The van der Waals surface area contributed by atoms with Gasteiger partial charge >= 0.3 is 0 Å². The van der Waals surface area contributed by atoms with Crippen LogP contribution in [0.25, 0.3) is 12.2 Å². The Balaban J connectivity index is 1.59. The molecule has 0 radical (unpaired) electrons. The summed E-state index contributed by atoms with van der Waals surface area (Å²) in [4.78, 5) is 13.3. The number of methoxy groups -OCH3 is 8. The van der Waals surface area contributed by atoms with E-state index in [0.717, 1.165) is 16.7 Å². The largest absolute Gasteiger partial charge is 0.493 e. The summed E-state index contributed by atoms with van der Waals surface area (Å²) in [5, 5.41) is 11.1. The number of hydrogen-bond acceptors (Lipinski definition) is 11. The molecule has 1 aromatic heterocycles. The summed E-state index contributed by atoms with van der Waals surface area (Å²) < 4.78 is 45.2. The SMILES string of the molecule is COc1cc(/C=C\c2cc(OC)c(OC)c(OC)c2)cc(NC(=O)c2cn(Cc3cc(OC)c(OC)c(OC)c3)nn2)c1OC. The first-order valence-electron chi connectivity index (χ1n) is 13.6. The second-order valence-corrected chi connectivity index (χ2v) is 9.39. The number of nitrogens with one attached hydrogen (secondary N) is 1. The number of amides is 1. The van der Waals surface area contributed by atoms with Crippen LogP contribution in [-0.4, -0.2) is 77.8 Å². The van der Waals surface area contributed by atoms with Crippen molar-refractivity contribution < 1.29 is 42.7 Å². The van der Waals surface area contributed by atoms with Crippen molar-refractivity contribution >= 4 is 23.7 Å². The predicted molar refractivity (Wildman–Crippen MR) is 168 cm³/mol. The van der Waals surface area contributed by atoms with Crippen LogP contribution in [0.5, 0.6) is 46.0 Å². The van der Waals surface area contributed by atoms with E-state index in [1.165, 1.54) is 32.2 Å². The average molecular weight is 621 g/mol. The van der Waals surface area contributed by atoms with Crippen LogP contribution in [0.1, 0.15) is 27.2 Å². The smallest absolute Gasteiger partial charge is 0.277 e. The first-order valence-corrected chi connectivity index (χ1v) is 13.6. The van der Waals surface area contributed by atoms with Crippen LogP contribution in [0.4, 0.5) is 5.69 Å². The van der Waals surface area contributed by atoms with Gasteiger partial charge in [-0.05, 0) is 53.1 Å². The maximum Gasteiger partial charge on any atom is 0.277 e. The van der Waals surface area contributed by atoms with Gasteiger partial charge in [-0.3, -0.25) is 4.79 Å². The van der Waals surface area contributed by atoms with Crippen molar-refractivity contribution in [2.45, 2.75) is 6.54 Å². The lowest BCUT2D eigenvalue weighted by Gasteiger charge is -2.15. The molecular formula is C32H36N4O9. The zero-order valence-electron chi connectivity index (χ0n) is 26.4. The molecule has 1 amide bonds. The average Bonchev–Trinajstić information content (AvgIpc) is 3.54. The Morgan fingerprint density at radius 1 is 0.644 bits per heavy atom. The molecule has 45 heavy (non-hydrogen) atoms. The molecule has 0 spiro atoms. The molecule has 0 aliphatic heterocycles. The number of aromatic nitrogens is 3. The number of carbonyl (C=O) groups is 1. The van der Waals surface area contributed by atoms with Crippen LogP contribution in [0.3, 0.4) is 0 Å². The van der Waals surface area contributed by atoms with E-state index in [9.17, 15) is 4.79 Å². The summed E-state index contributed by atoms with van der Waals surface area (Å²) in [6.45, 7) is 0.301. The minimum absolute atomic E-state index is 0.0989. The summed E-state index contributed by atoms with van der Waals surface area (Å²) in [6, 6.07) is 10.8. The van der Waals surface area contributed by atoms with E-state index in [4.69, 9.17) is 37.9 Å². The third-order valence-electron chi connectivity index (χ3n) is 6.75. The molecule has 0 saturated heterocycles. The van der Waals surface area contributed by atoms with Crippen LogP contribution >= 0.6 is 0 Å². The van der Waals surface area contributed by atoms with E-state index in [-0.39, 0.29) is 5.69 Å². The fraction of sp³-hybridized carbons (Fsp3) is 0.281. The lowest BCUT2D eigenvalue weighted by Crippen LogP contribution is -2.13. The normalized spacial score (nSPS) is 10.8. The van der Waals surface area contributed by atoms with E-state index in [2.05, 4.69) is 15.6 Å². The Morgan fingerprint density at radius 2 is 1.09 bits per heavy atom. The number of benzene rings is 3. The lowest BCUT2D eigenvalue weighted by atomic mass is 10.1. The van der Waals surface area contributed by atoms with Crippen molar-refractivity contribution in [3.8, 4) is 46.0 Å². The van der Waals surface area contributed by atoms with Crippen molar-refractivity contribution in [1.82, 2.24) is 15.0 Å². The van der Waals surface area contributed by atoms with Gasteiger partial charge in [0, 0.05) is 0 Å². The molecule has 1 heterocycles. The maximum atomic E-state index is 13.3. The molecule has 4 rings (SSSR count). The number of ether oxygens (including phenoxy) is 8. The van der Waals surface area contributed by atoms with Gasteiger partial charge in [0.05, 0.1) is 75.3 Å². The fourth-order valence-electron chi connectivity index (χ4n) is 4.64. The first kappa shape index (κ1) is 32.3. The highest BCUT2D eigenvalue weighted by atomic mass is 16.5. The first-order chi connectivity index (χ1) is 21.8. The molecule has 0 fully saturated rings. The summed E-state index contributed by atoms with van der Waals surface area (Å²) in [7, 11) is 12.3. The quantitative estimate of drug-likeness (QED) is 0.195. The standard InChI is InChI=1S/C32H36N4O9/c1-38-24-12-19(9-10-20-13-25(39-2)30(44-7)26(14-20)40-3)11-22(29(24)43-6)33-32(37)23-18-36(35-34-23)17-21-15-27(41-4)31(45-8)28(16-21)42-5/h9-16,18H,17H2,1-8H3,(H,33,37)/b10-9-. The van der Waals surface area contributed by atoms with Gasteiger partial charge in [0.15, 0.2) is 40.2 Å². The highest BCUT2D eigenvalue weighted by Gasteiger charge is 2.19. The van der Waals surface area contributed by atoms with Gasteiger partial charge in [-0.25, -0.2) is 4.68 Å². The molecule has 13 nitrogen and oxygen atoms in total. The number of nitrogens with zero attached hydrogens (tertiary/aromatic N) is 3. The topological polar surface area (TPSA) is 134 Å². The molecule has 0 bridgehead atoms. The van der Waals surface area contributed by atoms with Crippen LogP contribution in [0.15, 0.2) is 42.6 Å². The van der Waals surface area contributed by atoms with E-state index in [0.29, 0.717) is 58.2 Å². The van der Waals surface area contributed by atoms with Gasteiger partial charge in [0.1, 0.15) is 0 Å². The third kappa shape index (κ3) is 7.15. The van der Waals surface area contributed by atoms with Crippen molar-refractivity contribution in [3.05, 3.63) is 65.0 Å². The number of hydrogen-bond donors (Lipinski definition) is 1. The zero-order valence-corrected chi connectivity index (χ0v) is 26.4. The Labute approximate surface area is 261 Å². The van der Waals surface area contributed by atoms with Crippen LogP contribution < -0.4 is 43.2 Å². The lowest BCUT2D eigenvalue weighted by molar-refractivity contribution is 0.102. The highest BCUT2D eigenvalue weighted by molar-refractivity contribution is 6.04. The Morgan fingerprint density at radius 3 is 1.56 bits per heavy atom. The number of anilines is 1. The molecule has 1 N–H and O–H groups in total. The molecule has 0 saturated carbocycles.